The molecule has 0 aliphatic heterocycles. The van der Waals surface area contributed by atoms with Crippen molar-refractivity contribution >= 4 is 23.7 Å². The van der Waals surface area contributed by atoms with Crippen LogP contribution >= 0.6 is 23.7 Å². The molecular weight excluding hydrogens is 158 g/mol. The van der Waals surface area contributed by atoms with Crippen molar-refractivity contribution < 1.29 is 5.11 Å². The quantitative estimate of drug-likeness (QED) is 0.682. The van der Waals surface area contributed by atoms with E-state index >= 15 is 0 Å². The average Bonchev–Trinajstić information content (AvgIpc) is 2.14. The molecule has 0 radical (unpaired) electrons. The Morgan fingerprint density at radius 3 is 2.67 bits per heavy atom. The number of aryl methyl sites for hydroxylation is 1. The molecule has 0 aromatic carbocycles. The van der Waals surface area contributed by atoms with E-state index in [9.17, 15) is 0 Å². The Morgan fingerprint density at radius 2 is 2.44 bits per heavy atom. The molecule has 0 bridgehead atoms. The Bertz CT molecular complexity index is 177. The third kappa shape index (κ3) is 1.93. The summed E-state index contributed by atoms with van der Waals surface area (Å²) < 4.78 is 0. The second-order valence-electron chi connectivity index (χ2n) is 1.51. The van der Waals surface area contributed by atoms with Gasteiger partial charge in [0.25, 0.3) is 0 Å². The van der Waals surface area contributed by atoms with E-state index in [-0.39, 0.29) is 19.0 Å². The molecule has 0 saturated carbocycles. The Morgan fingerprint density at radius 1 is 1.78 bits per heavy atom. The highest BCUT2D eigenvalue weighted by molar-refractivity contribution is 7.09. The van der Waals surface area contributed by atoms with Gasteiger partial charge in [-0.1, -0.05) is 0 Å². The first-order valence-electron chi connectivity index (χ1n) is 2.34. The fraction of sp³-hybridized carbons (Fsp3) is 0.400. The lowest BCUT2D eigenvalue weighted by Crippen LogP contribution is -1.82. The summed E-state index contributed by atoms with van der Waals surface area (Å²) in [5.41, 5.74) is 2.54. The van der Waals surface area contributed by atoms with E-state index in [1.165, 1.54) is 0 Å². The molecule has 0 unspecified atom stereocenters. The van der Waals surface area contributed by atoms with Gasteiger partial charge in [-0.2, -0.15) is 0 Å². The standard InChI is InChI=1S/C5H7NOS.ClH/c1-4-5(2-7)6-3-8-4;/h3,7H,2H2,1H3;1H. The number of rotatable bonds is 1. The van der Waals surface area contributed by atoms with Crippen molar-refractivity contribution in [3.63, 3.8) is 0 Å². The minimum absolute atomic E-state index is 0. The van der Waals surface area contributed by atoms with Gasteiger partial charge in [-0.3, -0.25) is 0 Å². The van der Waals surface area contributed by atoms with Crippen molar-refractivity contribution in [3.05, 3.63) is 16.1 Å². The molecule has 1 aromatic rings. The van der Waals surface area contributed by atoms with Gasteiger partial charge in [-0.15, -0.1) is 23.7 Å². The normalized spacial score (nSPS) is 8.67. The second kappa shape index (κ2) is 3.82. The zero-order valence-electron chi connectivity index (χ0n) is 5.00. The molecule has 1 aromatic heterocycles. The molecule has 0 aliphatic carbocycles. The minimum atomic E-state index is 0. The van der Waals surface area contributed by atoms with Crippen molar-refractivity contribution in [1.82, 2.24) is 4.98 Å². The summed E-state index contributed by atoms with van der Waals surface area (Å²) >= 11 is 1.56. The topological polar surface area (TPSA) is 33.1 Å². The molecule has 52 valence electrons. The third-order valence-corrected chi connectivity index (χ3v) is 1.79. The number of aromatic nitrogens is 1. The van der Waals surface area contributed by atoms with Gasteiger partial charge in [0.15, 0.2) is 0 Å². The molecule has 9 heavy (non-hydrogen) atoms. The van der Waals surface area contributed by atoms with Crippen LogP contribution in [0.4, 0.5) is 0 Å². The molecule has 2 nitrogen and oxygen atoms in total. The van der Waals surface area contributed by atoms with E-state index in [0.717, 1.165) is 10.6 Å². The Balaban J connectivity index is 0.000000640. The monoisotopic (exact) mass is 165 g/mol. The molecule has 4 heteroatoms. The summed E-state index contributed by atoms with van der Waals surface area (Å²) in [6, 6.07) is 0. The fourth-order valence-electron chi connectivity index (χ4n) is 0.480. The molecular formula is C5H8ClNOS. The van der Waals surface area contributed by atoms with Gasteiger partial charge < -0.3 is 5.11 Å². The predicted octanol–water partition coefficient (Wildman–Crippen LogP) is 1.37. The number of thiazole rings is 1. The Kier molecular flexibility index (Phi) is 3.77. The van der Waals surface area contributed by atoms with E-state index in [1.807, 2.05) is 6.92 Å². The molecule has 0 fully saturated rings. The first-order valence-corrected chi connectivity index (χ1v) is 3.22. The molecule has 0 amide bonds. The highest BCUT2D eigenvalue weighted by Gasteiger charge is 1.95. The van der Waals surface area contributed by atoms with Gasteiger partial charge in [0.1, 0.15) is 0 Å². The smallest absolute Gasteiger partial charge is 0.0864 e. The number of aliphatic hydroxyl groups is 1. The van der Waals surface area contributed by atoms with E-state index in [4.69, 9.17) is 5.11 Å². The number of hydrogen-bond donors (Lipinski definition) is 1. The summed E-state index contributed by atoms with van der Waals surface area (Å²) in [6.07, 6.45) is 0. The van der Waals surface area contributed by atoms with Gasteiger partial charge >= 0.3 is 0 Å². The highest BCUT2D eigenvalue weighted by Crippen LogP contribution is 2.09. The lowest BCUT2D eigenvalue weighted by atomic mass is 10.4. The van der Waals surface area contributed by atoms with Gasteiger partial charge in [0, 0.05) is 4.88 Å². The first-order chi connectivity index (χ1) is 3.84. The van der Waals surface area contributed by atoms with Crippen LogP contribution in [0.15, 0.2) is 5.51 Å². The minimum Gasteiger partial charge on any atom is -0.390 e. The zero-order valence-corrected chi connectivity index (χ0v) is 6.63. The number of hydrogen-bond acceptors (Lipinski definition) is 3. The summed E-state index contributed by atoms with van der Waals surface area (Å²) in [7, 11) is 0. The average molecular weight is 166 g/mol. The van der Waals surface area contributed by atoms with E-state index in [1.54, 1.807) is 16.8 Å². The molecule has 1 heterocycles. The van der Waals surface area contributed by atoms with E-state index < -0.39 is 0 Å². The predicted molar refractivity (Wildman–Crippen MR) is 40.0 cm³/mol. The van der Waals surface area contributed by atoms with E-state index in [2.05, 4.69) is 4.98 Å². The van der Waals surface area contributed by atoms with Crippen molar-refractivity contribution in [1.29, 1.82) is 0 Å². The van der Waals surface area contributed by atoms with Crippen LogP contribution in [0.3, 0.4) is 0 Å². The van der Waals surface area contributed by atoms with Gasteiger partial charge in [0.05, 0.1) is 17.8 Å². The lowest BCUT2D eigenvalue weighted by molar-refractivity contribution is 0.277. The van der Waals surface area contributed by atoms with Crippen LogP contribution in [0, 0.1) is 6.92 Å². The number of halogens is 1. The van der Waals surface area contributed by atoms with Crippen molar-refractivity contribution in [2.75, 3.05) is 0 Å². The first kappa shape index (κ1) is 8.88. The molecule has 0 atom stereocenters. The van der Waals surface area contributed by atoms with Crippen LogP contribution in [-0.4, -0.2) is 10.1 Å². The van der Waals surface area contributed by atoms with Crippen LogP contribution < -0.4 is 0 Å². The van der Waals surface area contributed by atoms with Gasteiger partial charge in [0.2, 0.25) is 0 Å². The van der Waals surface area contributed by atoms with E-state index in [0.29, 0.717) is 0 Å². The molecule has 1 N–H and O–H groups in total. The Labute approximate surface area is 64.0 Å². The maximum atomic E-state index is 8.55. The van der Waals surface area contributed by atoms with Crippen molar-refractivity contribution in [2.24, 2.45) is 0 Å². The van der Waals surface area contributed by atoms with Gasteiger partial charge in [-0.05, 0) is 6.92 Å². The van der Waals surface area contributed by atoms with Crippen LogP contribution in [-0.2, 0) is 6.61 Å². The molecule has 0 spiro atoms. The maximum absolute atomic E-state index is 8.55. The lowest BCUT2D eigenvalue weighted by Gasteiger charge is -1.85. The molecule has 1 rings (SSSR count). The third-order valence-electron chi connectivity index (χ3n) is 0.994. The molecule has 0 aliphatic rings. The van der Waals surface area contributed by atoms with Crippen LogP contribution in [0.5, 0.6) is 0 Å². The van der Waals surface area contributed by atoms with Crippen LogP contribution in [0.2, 0.25) is 0 Å². The highest BCUT2D eigenvalue weighted by atomic mass is 35.5. The summed E-state index contributed by atoms with van der Waals surface area (Å²) in [4.78, 5) is 5.01. The maximum Gasteiger partial charge on any atom is 0.0864 e. The fourth-order valence-corrected chi connectivity index (χ4v) is 1.07. The van der Waals surface area contributed by atoms with Gasteiger partial charge in [-0.25, -0.2) is 4.98 Å². The second-order valence-corrected chi connectivity index (χ2v) is 2.57. The molecule has 0 saturated heterocycles. The Hall–Kier alpha value is -0.120. The van der Waals surface area contributed by atoms with Crippen LogP contribution in [0.25, 0.3) is 0 Å². The summed E-state index contributed by atoms with van der Waals surface area (Å²) in [6.45, 7) is 2.01. The number of aliphatic hydroxyl groups excluding tert-OH is 1. The van der Waals surface area contributed by atoms with Crippen molar-refractivity contribution in [3.8, 4) is 0 Å². The summed E-state index contributed by atoms with van der Waals surface area (Å²) in [5.74, 6) is 0. The largest absolute Gasteiger partial charge is 0.390 e. The summed E-state index contributed by atoms with van der Waals surface area (Å²) in [5, 5.41) is 8.55. The SMILES string of the molecule is Cc1scnc1CO.Cl. The van der Waals surface area contributed by atoms with Crippen molar-refractivity contribution in [2.45, 2.75) is 13.5 Å². The zero-order chi connectivity index (χ0) is 5.98. The number of nitrogens with zero attached hydrogens (tertiary/aromatic N) is 1. The van der Waals surface area contributed by atoms with Crippen LogP contribution in [0.1, 0.15) is 10.6 Å².